The van der Waals surface area contributed by atoms with Crippen LogP contribution in [0.15, 0.2) is 23.0 Å². The van der Waals surface area contributed by atoms with Gasteiger partial charge in [0.15, 0.2) is 0 Å². The Kier molecular flexibility index (Phi) is 3.48. The number of fused-ring (bicyclic) bond motifs is 1. The smallest absolute Gasteiger partial charge is 0.353 e. The number of β-lactam (4-membered cyclic amide) rings is 1. The van der Waals surface area contributed by atoms with E-state index in [1.807, 2.05) is 0 Å². The summed E-state index contributed by atoms with van der Waals surface area (Å²) in [6.07, 6.45) is 3.45. The molecule has 1 saturated heterocycles. The number of hydrogen-bond acceptors (Lipinski definition) is 6. The summed E-state index contributed by atoms with van der Waals surface area (Å²) in [5, 5.41) is 15.7. The maximum absolute atomic E-state index is 11.8. The lowest BCUT2D eigenvalue weighted by atomic mass is 10.1. The first-order valence-electron chi connectivity index (χ1n) is 5.86. The molecule has 1 amide bonds. The van der Waals surface area contributed by atoms with Crippen LogP contribution in [0.2, 0.25) is 0 Å². The van der Waals surface area contributed by atoms with Gasteiger partial charge in [0.05, 0.1) is 6.20 Å². The Morgan fingerprint density at radius 2 is 2.50 bits per heavy atom. The molecule has 1 fully saturated rings. The van der Waals surface area contributed by atoms with Crippen molar-refractivity contribution in [1.82, 2.24) is 15.1 Å². The van der Waals surface area contributed by atoms with E-state index in [4.69, 9.17) is 5.73 Å². The molecule has 20 heavy (non-hydrogen) atoms. The van der Waals surface area contributed by atoms with Gasteiger partial charge in [-0.1, -0.05) is 0 Å². The van der Waals surface area contributed by atoms with Gasteiger partial charge in [0.2, 0.25) is 5.91 Å². The standard InChI is InChI=1S/C11H12N4O3S2/c12-7-9(16)15-8(11(17)18)6(4-20-10(7)15)19-3-5-1-13-14-2-5/h1-2,7,10H,3-4,12H2,(H,13,14)(H,17,18)/t7-,10+/m1/s1. The monoisotopic (exact) mass is 312 g/mol. The number of amides is 1. The first-order chi connectivity index (χ1) is 9.59. The first-order valence-corrected chi connectivity index (χ1v) is 7.90. The molecule has 2 aliphatic heterocycles. The van der Waals surface area contributed by atoms with Gasteiger partial charge in [0, 0.05) is 28.2 Å². The average Bonchev–Trinajstić information content (AvgIpc) is 2.96. The molecular weight excluding hydrogens is 300 g/mol. The third kappa shape index (κ3) is 2.11. The normalized spacial score (nSPS) is 25.4. The summed E-state index contributed by atoms with van der Waals surface area (Å²) in [5.74, 6) is -0.222. The minimum absolute atomic E-state index is 0.0777. The molecule has 0 unspecified atom stereocenters. The molecule has 2 aliphatic rings. The number of aromatic nitrogens is 2. The number of nitrogens with zero attached hydrogens (tertiary/aromatic N) is 2. The van der Waals surface area contributed by atoms with Gasteiger partial charge < -0.3 is 10.8 Å². The molecule has 7 nitrogen and oxygen atoms in total. The zero-order valence-corrected chi connectivity index (χ0v) is 11.9. The second kappa shape index (κ2) is 5.15. The van der Waals surface area contributed by atoms with Gasteiger partial charge >= 0.3 is 5.97 Å². The third-order valence-electron chi connectivity index (χ3n) is 3.14. The van der Waals surface area contributed by atoms with E-state index in [2.05, 4.69) is 10.2 Å². The molecule has 1 aromatic rings. The maximum Gasteiger partial charge on any atom is 0.353 e. The van der Waals surface area contributed by atoms with Gasteiger partial charge in [-0.3, -0.25) is 14.8 Å². The van der Waals surface area contributed by atoms with Gasteiger partial charge in [0.25, 0.3) is 0 Å². The van der Waals surface area contributed by atoms with Crippen LogP contribution in [0.25, 0.3) is 0 Å². The maximum atomic E-state index is 11.8. The highest BCUT2D eigenvalue weighted by Gasteiger charge is 2.51. The lowest BCUT2D eigenvalue weighted by molar-refractivity contribution is -0.147. The van der Waals surface area contributed by atoms with Gasteiger partial charge in [-0.25, -0.2) is 4.79 Å². The van der Waals surface area contributed by atoms with E-state index in [1.54, 1.807) is 12.4 Å². The van der Waals surface area contributed by atoms with E-state index >= 15 is 0 Å². The Labute approximate surface area is 123 Å². The van der Waals surface area contributed by atoms with Crippen molar-refractivity contribution in [3.05, 3.63) is 28.6 Å². The number of aliphatic carboxylic acids is 1. The fourth-order valence-corrected chi connectivity index (χ4v) is 4.62. The number of rotatable bonds is 4. The fourth-order valence-electron chi connectivity index (χ4n) is 2.13. The van der Waals surface area contributed by atoms with Crippen LogP contribution in [-0.2, 0) is 15.3 Å². The number of nitrogens with one attached hydrogen (secondary N) is 1. The first kappa shape index (κ1) is 13.5. The number of carboxylic acid groups (broad SMARTS) is 1. The zero-order chi connectivity index (χ0) is 14.3. The molecule has 9 heteroatoms. The van der Waals surface area contributed by atoms with E-state index in [0.29, 0.717) is 16.4 Å². The molecule has 3 heterocycles. The Morgan fingerprint density at radius 3 is 3.15 bits per heavy atom. The van der Waals surface area contributed by atoms with Crippen molar-refractivity contribution in [2.24, 2.45) is 5.73 Å². The minimum Gasteiger partial charge on any atom is -0.477 e. The number of H-pyrrole nitrogens is 1. The Bertz CT molecular complexity index is 586. The van der Waals surface area contributed by atoms with Crippen LogP contribution in [0, 0.1) is 0 Å². The highest BCUT2D eigenvalue weighted by atomic mass is 32.2. The second-order valence-corrected chi connectivity index (χ2v) is 6.58. The van der Waals surface area contributed by atoms with Gasteiger partial charge in [0.1, 0.15) is 17.1 Å². The summed E-state index contributed by atoms with van der Waals surface area (Å²) in [6, 6.07) is -0.588. The number of carbonyl (C=O) groups excluding carboxylic acids is 1. The topological polar surface area (TPSA) is 112 Å². The van der Waals surface area contributed by atoms with Crippen LogP contribution in [0.5, 0.6) is 0 Å². The fraction of sp³-hybridized carbons (Fsp3) is 0.364. The summed E-state index contributed by atoms with van der Waals surface area (Å²) < 4.78 is 0. The molecule has 0 aliphatic carbocycles. The summed E-state index contributed by atoms with van der Waals surface area (Å²) in [6.45, 7) is 0. The minimum atomic E-state index is -1.08. The third-order valence-corrected chi connectivity index (χ3v) is 5.79. The molecular formula is C11H12N4O3S2. The van der Waals surface area contributed by atoms with E-state index in [9.17, 15) is 14.7 Å². The van der Waals surface area contributed by atoms with Gasteiger partial charge in [-0.2, -0.15) is 5.10 Å². The molecule has 3 rings (SSSR count). The van der Waals surface area contributed by atoms with Crippen LogP contribution in [0.3, 0.4) is 0 Å². The molecule has 0 bridgehead atoms. The summed E-state index contributed by atoms with van der Waals surface area (Å²) in [5.41, 5.74) is 6.74. The largest absolute Gasteiger partial charge is 0.477 e. The summed E-state index contributed by atoms with van der Waals surface area (Å²) in [4.78, 5) is 25.2. The number of nitrogens with two attached hydrogens (primary N) is 1. The molecule has 106 valence electrons. The average molecular weight is 312 g/mol. The predicted octanol–water partition coefficient (Wildman–Crippen LogP) is 0.182. The second-order valence-electron chi connectivity index (χ2n) is 4.41. The molecule has 4 N–H and O–H groups in total. The Morgan fingerprint density at radius 1 is 1.70 bits per heavy atom. The van der Waals surface area contributed by atoms with Gasteiger partial charge in [-0.15, -0.1) is 23.5 Å². The van der Waals surface area contributed by atoms with Crippen molar-refractivity contribution in [3.63, 3.8) is 0 Å². The van der Waals surface area contributed by atoms with E-state index in [-0.39, 0.29) is 17.0 Å². The van der Waals surface area contributed by atoms with Crippen molar-refractivity contribution < 1.29 is 14.7 Å². The number of aromatic amines is 1. The Balaban J connectivity index is 1.82. The lowest BCUT2D eigenvalue weighted by Gasteiger charge is -2.47. The number of carboxylic acids is 1. The van der Waals surface area contributed by atoms with Crippen molar-refractivity contribution in [2.75, 3.05) is 5.75 Å². The van der Waals surface area contributed by atoms with Crippen molar-refractivity contribution in [2.45, 2.75) is 17.2 Å². The van der Waals surface area contributed by atoms with Gasteiger partial charge in [-0.05, 0) is 0 Å². The SMILES string of the molecule is N[C@@H]1C(=O)N2C(C(=O)O)=C(SCc3cn[nH]c3)CS[C@@H]12. The van der Waals surface area contributed by atoms with Crippen molar-refractivity contribution in [3.8, 4) is 0 Å². The molecule has 0 spiro atoms. The Hall–Kier alpha value is -1.45. The number of hydrogen-bond donors (Lipinski definition) is 3. The molecule has 0 radical (unpaired) electrons. The van der Waals surface area contributed by atoms with Crippen LogP contribution in [-0.4, -0.2) is 49.2 Å². The number of thioether (sulfide) groups is 2. The quantitative estimate of drug-likeness (QED) is 0.680. The highest BCUT2D eigenvalue weighted by molar-refractivity contribution is 8.05. The molecule has 0 saturated carbocycles. The zero-order valence-electron chi connectivity index (χ0n) is 10.3. The molecule has 1 aromatic heterocycles. The molecule has 0 aromatic carbocycles. The van der Waals surface area contributed by atoms with Crippen molar-refractivity contribution in [1.29, 1.82) is 0 Å². The van der Waals surface area contributed by atoms with Crippen molar-refractivity contribution >= 4 is 35.4 Å². The predicted molar refractivity (Wildman–Crippen MR) is 75.6 cm³/mol. The van der Waals surface area contributed by atoms with Crippen LogP contribution in [0.1, 0.15) is 5.56 Å². The van der Waals surface area contributed by atoms with Crippen LogP contribution < -0.4 is 5.73 Å². The van der Waals surface area contributed by atoms with Crippen LogP contribution in [0.4, 0.5) is 0 Å². The lowest BCUT2D eigenvalue weighted by Crippen LogP contribution is -2.68. The van der Waals surface area contributed by atoms with Crippen LogP contribution >= 0.6 is 23.5 Å². The summed E-state index contributed by atoms with van der Waals surface area (Å²) in [7, 11) is 0. The molecule has 2 atom stereocenters. The highest BCUT2D eigenvalue weighted by Crippen LogP contribution is 2.43. The van der Waals surface area contributed by atoms with E-state index < -0.39 is 12.0 Å². The number of carbonyl (C=O) groups is 2. The van der Waals surface area contributed by atoms with E-state index in [0.717, 1.165) is 5.56 Å². The summed E-state index contributed by atoms with van der Waals surface area (Å²) >= 11 is 2.92. The van der Waals surface area contributed by atoms with E-state index in [1.165, 1.54) is 28.4 Å².